The molecular weight excluding hydrogens is 364 g/mol. The van der Waals surface area contributed by atoms with Crippen LogP contribution in [0.4, 0.5) is 0 Å². The lowest BCUT2D eigenvalue weighted by Crippen LogP contribution is -2.52. The summed E-state index contributed by atoms with van der Waals surface area (Å²) in [6.45, 7) is 2.36. The van der Waals surface area contributed by atoms with E-state index in [2.05, 4.69) is 17.9 Å². The van der Waals surface area contributed by atoms with Crippen LogP contribution in [0, 0.1) is 5.92 Å². The molecule has 3 atom stereocenters. The van der Waals surface area contributed by atoms with Crippen LogP contribution >= 0.6 is 12.6 Å². The van der Waals surface area contributed by atoms with Crippen molar-refractivity contribution in [3.8, 4) is 0 Å². The van der Waals surface area contributed by atoms with Crippen molar-refractivity contribution in [2.24, 2.45) is 5.92 Å². The summed E-state index contributed by atoms with van der Waals surface area (Å²) >= 11 is 4.31. The first kappa shape index (κ1) is 21.3. The van der Waals surface area contributed by atoms with E-state index in [0.29, 0.717) is 44.4 Å². The zero-order chi connectivity index (χ0) is 19.8. The molecule has 1 aliphatic rings. The van der Waals surface area contributed by atoms with Crippen LogP contribution in [-0.2, 0) is 20.8 Å². The Hall–Kier alpha value is -2.02. The van der Waals surface area contributed by atoms with Gasteiger partial charge in [-0.15, -0.1) is 0 Å². The molecule has 0 bridgehead atoms. The number of carbonyl (C=O) groups is 3. The van der Waals surface area contributed by atoms with E-state index in [1.165, 1.54) is 4.90 Å². The van der Waals surface area contributed by atoms with E-state index < -0.39 is 18.1 Å². The molecule has 1 aliphatic heterocycles. The van der Waals surface area contributed by atoms with Crippen LogP contribution in [0.5, 0.6) is 0 Å². The van der Waals surface area contributed by atoms with Gasteiger partial charge in [-0.2, -0.15) is 12.6 Å². The van der Waals surface area contributed by atoms with Gasteiger partial charge in [0.1, 0.15) is 12.1 Å². The van der Waals surface area contributed by atoms with Gasteiger partial charge in [-0.05, 0) is 31.2 Å². The highest BCUT2D eigenvalue weighted by atomic mass is 32.1. The van der Waals surface area contributed by atoms with Crippen LogP contribution in [-0.4, -0.2) is 52.2 Å². The first-order valence-corrected chi connectivity index (χ1v) is 10.1. The van der Waals surface area contributed by atoms with E-state index >= 15 is 0 Å². The van der Waals surface area contributed by atoms with E-state index in [1.807, 2.05) is 37.3 Å². The molecule has 1 fully saturated rings. The van der Waals surface area contributed by atoms with Gasteiger partial charge in [0, 0.05) is 12.3 Å². The Morgan fingerprint density at radius 1 is 1.30 bits per heavy atom. The molecule has 0 saturated carbocycles. The predicted octanol–water partition coefficient (Wildman–Crippen LogP) is 2.14. The average molecular weight is 393 g/mol. The predicted molar refractivity (Wildman–Crippen MR) is 107 cm³/mol. The zero-order valence-electron chi connectivity index (χ0n) is 15.6. The molecule has 2 N–H and O–H groups in total. The standard InChI is InChI=1S/C20H28N2O4S/c1-2-7-16(19(24)22-11-6-10-17(22)20(25)26)21-18(23)15(13-27)12-14-8-4-3-5-9-14/h3-5,8-9,15-17,27H,2,6-7,10-13H2,1H3,(H,21,23)(H,25,26)/t15-,16+,17+/m1/s1. The summed E-state index contributed by atoms with van der Waals surface area (Å²) in [5.41, 5.74) is 1.04. The van der Waals surface area contributed by atoms with E-state index in [4.69, 9.17) is 0 Å². The van der Waals surface area contributed by atoms with Gasteiger partial charge in [-0.25, -0.2) is 4.79 Å². The average Bonchev–Trinajstić information content (AvgIpc) is 3.16. The van der Waals surface area contributed by atoms with Gasteiger partial charge in [0.2, 0.25) is 11.8 Å². The molecule has 0 unspecified atom stereocenters. The number of hydrogen-bond donors (Lipinski definition) is 3. The Morgan fingerprint density at radius 2 is 2.00 bits per heavy atom. The van der Waals surface area contributed by atoms with Gasteiger partial charge in [0.25, 0.3) is 0 Å². The molecule has 2 rings (SSSR count). The summed E-state index contributed by atoms with van der Waals surface area (Å²) in [5, 5.41) is 12.2. The highest BCUT2D eigenvalue weighted by Gasteiger charge is 2.37. The van der Waals surface area contributed by atoms with Gasteiger partial charge in [-0.1, -0.05) is 43.7 Å². The zero-order valence-corrected chi connectivity index (χ0v) is 16.5. The number of aliphatic carboxylic acids is 1. The highest BCUT2D eigenvalue weighted by molar-refractivity contribution is 7.80. The number of carboxylic acids is 1. The second kappa shape index (κ2) is 10.3. The maximum Gasteiger partial charge on any atom is 0.326 e. The van der Waals surface area contributed by atoms with Crippen LogP contribution in [0.2, 0.25) is 0 Å². The summed E-state index contributed by atoms with van der Waals surface area (Å²) in [6, 6.07) is 8.20. The Kier molecular flexibility index (Phi) is 8.16. The topological polar surface area (TPSA) is 86.7 Å². The number of carbonyl (C=O) groups excluding carboxylic acids is 2. The maximum atomic E-state index is 12.9. The smallest absolute Gasteiger partial charge is 0.326 e. The maximum absolute atomic E-state index is 12.9. The summed E-state index contributed by atoms with van der Waals surface area (Å²) in [4.78, 5) is 38.4. The minimum absolute atomic E-state index is 0.216. The summed E-state index contributed by atoms with van der Waals surface area (Å²) in [6.07, 6.45) is 2.87. The molecule has 0 radical (unpaired) electrons. The monoisotopic (exact) mass is 392 g/mol. The lowest BCUT2D eigenvalue weighted by molar-refractivity contribution is -0.149. The van der Waals surface area contributed by atoms with Crippen molar-refractivity contribution in [1.82, 2.24) is 10.2 Å². The SMILES string of the molecule is CCC[C@H](NC(=O)[C@@H](CS)Cc1ccccc1)C(=O)N1CCC[C@H]1C(=O)O. The first-order valence-electron chi connectivity index (χ1n) is 9.46. The van der Waals surface area contributed by atoms with Crippen molar-refractivity contribution in [3.05, 3.63) is 35.9 Å². The third-order valence-corrected chi connectivity index (χ3v) is 5.37. The third kappa shape index (κ3) is 5.73. The molecule has 1 aromatic carbocycles. The van der Waals surface area contributed by atoms with Crippen molar-refractivity contribution >= 4 is 30.4 Å². The quantitative estimate of drug-likeness (QED) is 0.562. The second-order valence-electron chi connectivity index (χ2n) is 6.95. The fourth-order valence-corrected chi connectivity index (χ4v) is 3.76. The van der Waals surface area contributed by atoms with Crippen LogP contribution < -0.4 is 5.32 Å². The van der Waals surface area contributed by atoms with Crippen molar-refractivity contribution in [3.63, 3.8) is 0 Å². The van der Waals surface area contributed by atoms with E-state index in [-0.39, 0.29) is 17.7 Å². The van der Waals surface area contributed by atoms with E-state index in [9.17, 15) is 19.5 Å². The van der Waals surface area contributed by atoms with Crippen molar-refractivity contribution in [2.45, 2.75) is 51.1 Å². The van der Waals surface area contributed by atoms with Gasteiger partial charge in [0.05, 0.1) is 5.92 Å². The number of nitrogens with one attached hydrogen (secondary N) is 1. The highest BCUT2D eigenvalue weighted by Crippen LogP contribution is 2.20. The summed E-state index contributed by atoms with van der Waals surface area (Å²) < 4.78 is 0. The molecule has 0 aliphatic carbocycles. The molecule has 0 aromatic heterocycles. The number of nitrogens with zero attached hydrogens (tertiary/aromatic N) is 1. The van der Waals surface area contributed by atoms with Gasteiger partial charge >= 0.3 is 5.97 Å². The number of carboxylic acid groups (broad SMARTS) is 1. The second-order valence-corrected chi connectivity index (χ2v) is 7.31. The van der Waals surface area contributed by atoms with Crippen molar-refractivity contribution in [1.29, 1.82) is 0 Å². The fourth-order valence-electron chi connectivity index (χ4n) is 3.46. The first-order chi connectivity index (χ1) is 13.0. The van der Waals surface area contributed by atoms with Crippen molar-refractivity contribution < 1.29 is 19.5 Å². The molecule has 2 amide bonds. The van der Waals surface area contributed by atoms with Gasteiger partial charge in [0.15, 0.2) is 0 Å². The lowest BCUT2D eigenvalue weighted by atomic mass is 9.99. The Bertz CT molecular complexity index is 653. The molecule has 1 heterocycles. The normalized spacial score (nSPS) is 18.7. The Morgan fingerprint density at radius 3 is 2.59 bits per heavy atom. The van der Waals surface area contributed by atoms with E-state index in [1.54, 1.807) is 0 Å². The Labute approximate surface area is 165 Å². The number of thiol groups is 1. The number of likely N-dealkylation sites (tertiary alicyclic amines) is 1. The van der Waals surface area contributed by atoms with Crippen LogP contribution in [0.1, 0.15) is 38.2 Å². The van der Waals surface area contributed by atoms with Crippen LogP contribution in [0.25, 0.3) is 0 Å². The number of hydrogen-bond acceptors (Lipinski definition) is 4. The minimum Gasteiger partial charge on any atom is -0.480 e. The largest absolute Gasteiger partial charge is 0.480 e. The number of rotatable bonds is 9. The Balaban J connectivity index is 2.05. The lowest BCUT2D eigenvalue weighted by Gasteiger charge is -2.28. The van der Waals surface area contributed by atoms with E-state index in [0.717, 1.165) is 5.56 Å². The van der Waals surface area contributed by atoms with Gasteiger partial charge < -0.3 is 15.3 Å². The summed E-state index contributed by atoms with van der Waals surface area (Å²) in [7, 11) is 0. The number of benzene rings is 1. The molecule has 7 heteroatoms. The van der Waals surface area contributed by atoms with Crippen LogP contribution in [0.3, 0.4) is 0 Å². The third-order valence-electron chi connectivity index (χ3n) is 4.93. The molecule has 148 valence electrons. The molecule has 0 spiro atoms. The molecule has 1 aromatic rings. The molecular formula is C20H28N2O4S. The molecule has 6 nitrogen and oxygen atoms in total. The summed E-state index contributed by atoms with van der Waals surface area (Å²) in [5.74, 6) is -1.48. The van der Waals surface area contributed by atoms with Crippen molar-refractivity contribution in [2.75, 3.05) is 12.3 Å². The van der Waals surface area contributed by atoms with Gasteiger partial charge in [-0.3, -0.25) is 9.59 Å². The molecule has 1 saturated heterocycles. The van der Waals surface area contributed by atoms with Crippen LogP contribution in [0.15, 0.2) is 30.3 Å². The number of amides is 2. The minimum atomic E-state index is -0.986. The fraction of sp³-hybridized carbons (Fsp3) is 0.550. The molecule has 27 heavy (non-hydrogen) atoms.